The molecular weight excluding hydrogens is 222 g/mol. The second-order valence-electron chi connectivity index (χ2n) is 3.82. The van der Waals surface area contributed by atoms with E-state index in [4.69, 9.17) is 0 Å². The number of carbonyl (C=O) groups excluding carboxylic acids is 1. The van der Waals surface area contributed by atoms with E-state index in [1.54, 1.807) is 6.07 Å². The molecule has 1 saturated heterocycles. The van der Waals surface area contributed by atoms with Crippen LogP contribution in [0.25, 0.3) is 5.65 Å². The molecule has 0 aliphatic carbocycles. The van der Waals surface area contributed by atoms with Crippen LogP contribution >= 0.6 is 11.8 Å². The van der Waals surface area contributed by atoms with Gasteiger partial charge >= 0.3 is 0 Å². The summed E-state index contributed by atoms with van der Waals surface area (Å²) < 4.78 is 1.87. The fourth-order valence-corrected chi connectivity index (χ4v) is 3.32. The smallest absolute Gasteiger partial charge is 0.166 e. The summed E-state index contributed by atoms with van der Waals surface area (Å²) in [6, 6.07) is 5.51. The van der Waals surface area contributed by atoms with Crippen molar-refractivity contribution in [1.82, 2.24) is 14.6 Å². The van der Waals surface area contributed by atoms with Crippen LogP contribution in [-0.2, 0) is 0 Å². The molecule has 4 nitrogen and oxygen atoms in total. The molecule has 3 rings (SSSR count). The van der Waals surface area contributed by atoms with Gasteiger partial charge in [0.1, 0.15) is 0 Å². The van der Waals surface area contributed by atoms with Crippen molar-refractivity contribution in [3.63, 3.8) is 0 Å². The molecule has 0 N–H and O–H groups in total. The molecule has 0 aromatic carbocycles. The Hall–Kier alpha value is -1.36. The van der Waals surface area contributed by atoms with Gasteiger partial charge < -0.3 is 0 Å². The third-order valence-electron chi connectivity index (χ3n) is 2.82. The van der Waals surface area contributed by atoms with Gasteiger partial charge in [-0.3, -0.25) is 9.20 Å². The zero-order valence-electron chi connectivity index (χ0n) is 8.67. The van der Waals surface area contributed by atoms with Gasteiger partial charge in [-0.15, -0.1) is 10.2 Å². The van der Waals surface area contributed by atoms with E-state index in [0.717, 1.165) is 24.2 Å². The van der Waals surface area contributed by atoms with Gasteiger partial charge in [-0.1, -0.05) is 6.07 Å². The quantitative estimate of drug-likeness (QED) is 0.745. The number of rotatable bonds is 2. The lowest BCUT2D eigenvalue weighted by molar-refractivity contribution is 0.111. The Morgan fingerprint density at radius 3 is 3.12 bits per heavy atom. The van der Waals surface area contributed by atoms with Gasteiger partial charge in [0.2, 0.25) is 0 Å². The zero-order chi connectivity index (χ0) is 11.0. The highest BCUT2D eigenvalue weighted by atomic mass is 32.2. The number of aldehydes is 1. The molecule has 0 radical (unpaired) electrons. The third-order valence-corrected chi connectivity index (χ3v) is 4.20. The number of pyridine rings is 1. The van der Waals surface area contributed by atoms with Crippen molar-refractivity contribution in [2.45, 2.75) is 18.1 Å². The number of hydrogen-bond donors (Lipinski definition) is 0. The molecule has 82 valence electrons. The molecule has 1 aliphatic heterocycles. The highest BCUT2D eigenvalue weighted by Crippen LogP contribution is 2.39. The zero-order valence-corrected chi connectivity index (χ0v) is 9.48. The Bertz CT molecular complexity index is 531. The molecule has 2 aromatic heterocycles. The molecule has 1 unspecified atom stereocenters. The van der Waals surface area contributed by atoms with E-state index in [2.05, 4.69) is 10.2 Å². The lowest BCUT2D eigenvalue weighted by Crippen LogP contribution is -2.02. The molecule has 5 heteroatoms. The molecule has 1 atom stereocenters. The fourth-order valence-electron chi connectivity index (χ4n) is 2.07. The van der Waals surface area contributed by atoms with Crippen molar-refractivity contribution < 1.29 is 4.79 Å². The first-order valence-electron chi connectivity index (χ1n) is 5.31. The Morgan fingerprint density at radius 2 is 2.38 bits per heavy atom. The van der Waals surface area contributed by atoms with E-state index in [9.17, 15) is 4.79 Å². The van der Waals surface area contributed by atoms with E-state index in [1.165, 1.54) is 12.2 Å². The monoisotopic (exact) mass is 233 g/mol. The summed E-state index contributed by atoms with van der Waals surface area (Å²) in [5, 5.41) is 8.72. The Labute approximate surface area is 97.1 Å². The molecule has 16 heavy (non-hydrogen) atoms. The predicted octanol–water partition coefficient (Wildman–Crippen LogP) is 2.11. The summed E-state index contributed by atoms with van der Waals surface area (Å²) in [4.78, 5) is 11.0. The topological polar surface area (TPSA) is 47.3 Å². The third kappa shape index (κ3) is 1.43. The van der Waals surface area contributed by atoms with Crippen molar-refractivity contribution in [2.24, 2.45) is 0 Å². The minimum Gasteiger partial charge on any atom is -0.296 e. The number of carbonyl (C=O) groups is 1. The average Bonchev–Trinajstić information content (AvgIpc) is 2.96. The van der Waals surface area contributed by atoms with Gasteiger partial charge in [0.25, 0.3) is 0 Å². The highest BCUT2D eigenvalue weighted by Gasteiger charge is 2.23. The second kappa shape index (κ2) is 3.90. The number of nitrogens with zero attached hydrogens (tertiary/aromatic N) is 3. The van der Waals surface area contributed by atoms with Crippen molar-refractivity contribution in [1.29, 1.82) is 0 Å². The van der Waals surface area contributed by atoms with Crippen molar-refractivity contribution in [3.05, 3.63) is 29.7 Å². The first kappa shape index (κ1) is 9.84. The Balaban J connectivity index is 2.20. The predicted molar refractivity (Wildman–Crippen MR) is 62.8 cm³/mol. The summed E-state index contributed by atoms with van der Waals surface area (Å²) in [6.07, 6.45) is 3.20. The summed E-state index contributed by atoms with van der Waals surface area (Å²) in [7, 11) is 0. The number of fused-ring (bicyclic) bond motifs is 1. The van der Waals surface area contributed by atoms with Crippen LogP contribution in [0.15, 0.2) is 18.2 Å². The maximum Gasteiger partial charge on any atom is 0.166 e. The van der Waals surface area contributed by atoms with E-state index in [-0.39, 0.29) is 0 Å². The summed E-state index contributed by atoms with van der Waals surface area (Å²) in [6.45, 7) is 0. The van der Waals surface area contributed by atoms with Crippen LogP contribution in [0.3, 0.4) is 0 Å². The van der Waals surface area contributed by atoms with Crippen LogP contribution < -0.4 is 0 Å². The average molecular weight is 233 g/mol. The van der Waals surface area contributed by atoms with Crippen LogP contribution in [0, 0.1) is 0 Å². The van der Waals surface area contributed by atoms with Crippen molar-refractivity contribution >= 4 is 23.7 Å². The minimum absolute atomic E-state index is 0.385. The highest BCUT2D eigenvalue weighted by molar-refractivity contribution is 7.99. The maximum atomic E-state index is 11.0. The maximum absolute atomic E-state index is 11.0. The van der Waals surface area contributed by atoms with Crippen molar-refractivity contribution in [2.75, 3.05) is 5.75 Å². The van der Waals surface area contributed by atoms with Gasteiger partial charge in [0.15, 0.2) is 17.8 Å². The standard InChI is InChI=1S/C11H11N3OS/c15-7-8-3-1-5-10-12-13-11(14(8)10)9-4-2-6-16-9/h1,3,5,7,9H,2,4,6H2. The second-order valence-corrected chi connectivity index (χ2v) is 5.13. The van der Waals surface area contributed by atoms with Gasteiger partial charge in [0, 0.05) is 0 Å². The number of hydrogen-bond acceptors (Lipinski definition) is 4. The molecule has 0 saturated carbocycles. The largest absolute Gasteiger partial charge is 0.296 e. The normalized spacial score (nSPS) is 20.4. The first-order valence-corrected chi connectivity index (χ1v) is 6.36. The lowest BCUT2D eigenvalue weighted by atomic mass is 10.2. The molecule has 0 spiro atoms. The lowest BCUT2D eigenvalue weighted by Gasteiger charge is -2.07. The summed E-state index contributed by atoms with van der Waals surface area (Å²) in [5.74, 6) is 2.09. The molecule has 2 aromatic rings. The van der Waals surface area contributed by atoms with Crippen LogP contribution in [0.2, 0.25) is 0 Å². The van der Waals surface area contributed by atoms with Crippen LogP contribution in [0.5, 0.6) is 0 Å². The number of aromatic nitrogens is 3. The SMILES string of the molecule is O=Cc1cccc2nnc(C3CCCS3)n12. The Kier molecular flexibility index (Phi) is 2.40. The van der Waals surface area contributed by atoms with Crippen LogP contribution in [0.4, 0.5) is 0 Å². The molecule has 3 heterocycles. The van der Waals surface area contributed by atoms with Gasteiger partial charge in [-0.25, -0.2) is 0 Å². The first-order chi connectivity index (χ1) is 7.90. The summed E-state index contributed by atoms with van der Waals surface area (Å²) in [5.41, 5.74) is 1.39. The Morgan fingerprint density at radius 1 is 1.44 bits per heavy atom. The van der Waals surface area contributed by atoms with E-state index in [0.29, 0.717) is 10.9 Å². The molecular formula is C11H11N3OS. The van der Waals surface area contributed by atoms with Crippen LogP contribution in [-0.4, -0.2) is 26.6 Å². The van der Waals surface area contributed by atoms with Gasteiger partial charge in [-0.05, 0) is 30.7 Å². The molecule has 0 amide bonds. The van der Waals surface area contributed by atoms with Crippen molar-refractivity contribution in [3.8, 4) is 0 Å². The van der Waals surface area contributed by atoms with E-state index < -0.39 is 0 Å². The van der Waals surface area contributed by atoms with Crippen LogP contribution in [0.1, 0.15) is 34.4 Å². The van der Waals surface area contributed by atoms with E-state index in [1.807, 2.05) is 28.3 Å². The summed E-state index contributed by atoms with van der Waals surface area (Å²) >= 11 is 1.89. The molecule has 1 aliphatic rings. The fraction of sp³-hybridized carbons (Fsp3) is 0.364. The molecule has 1 fully saturated rings. The van der Waals surface area contributed by atoms with Gasteiger partial charge in [0.05, 0.1) is 10.9 Å². The van der Waals surface area contributed by atoms with Gasteiger partial charge in [-0.2, -0.15) is 11.8 Å². The number of thioether (sulfide) groups is 1. The van der Waals surface area contributed by atoms with E-state index >= 15 is 0 Å². The minimum atomic E-state index is 0.385. The molecule has 0 bridgehead atoms.